The molecule has 190 valence electrons. The molecule has 1 aliphatic rings. The summed E-state index contributed by atoms with van der Waals surface area (Å²) in [6.45, 7) is 5.74. The molecule has 2 amide bonds. The zero-order chi connectivity index (χ0) is 26.4. The van der Waals surface area contributed by atoms with Crippen LogP contribution < -0.4 is 35.3 Å². The van der Waals surface area contributed by atoms with Crippen LogP contribution in [0.15, 0.2) is 73.3 Å². The van der Waals surface area contributed by atoms with Gasteiger partial charge in [-0.15, -0.1) is 0 Å². The van der Waals surface area contributed by atoms with Crippen molar-refractivity contribution in [3.8, 4) is 17.2 Å². The molecule has 3 aromatic rings. The Morgan fingerprint density at radius 2 is 1.35 bits per heavy atom. The molecule has 0 aliphatic heterocycles. The number of anilines is 2. The molecule has 0 atom stereocenters. The largest absolute Gasteiger partial charge is 0.493 e. The molecular formula is C30H30N2O5. The lowest BCUT2D eigenvalue weighted by Crippen LogP contribution is -2.35. The first-order chi connectivity index (χ1) is 17.9. The normalized spacial score (nSPS) is 14.5. The number of allylic oxidation sites excluding steroid dienone is 1. The van der Waals surface area contributed by atoms with Crippen LogP contribution in [0, 0.1) is 12.3 Å². The smallest absolute Gasteiger partial charge is 0.240 e. The lowest BCUT2D eigenvalue weighted by Gasteiger charge is -2.16. The zero-order valence-electron chi connectivity index (χ0n) is 21.2. The van der Waals surface area contributed by atoms with E-state index in [2.05, 4.69) is 17.2 Å². The maximum atomic E-state index is 12.9. The highest BCUT2D eigenvalue weighted by molar-refractivity contribution is 6.16. The Labute approximate surface area is 216 Å². The standard InChI is InChI=1S/C30H30N2O5/c1-5-6-21-17-26(35-3)27(36-4)18-22(21)19-37-25-13-11-24(12-14-25)32-29(34)30(15-16-30)28(33)31-23-9-7-20(2)8-10-23/h5-14,17-19H,1,15-16H2,2-4H3,(H,31,33)(H,32,34)/b21-6-,22-19+. The Morgan fingerprint density at radius 3 is 1.84 bits per heavy atom. The summed E-state index contributed by atoms with van der Waals surface area (Å²) in [5.41, 5.74) is 1.31. The Bertz CT molecular complexity index is 1420. The van der Waals surface area contributed by atoms with Gasteiger partial charge in [-0.2, -0.15) is 0 Å². The molecule has 1 aliphatic carbocycles. The number of hydrogen-bond acceptors (Lipinski definition) is 5. The van der Waals surface area contributed by atoms with Gasteiger partial charge in [0.15, 0.2) is 11.5 Å². The Balaban J connectivity index is 1.44. The van der Waals surface area contributed by atoms with Gasteiger partial charge >= 0.3 is 0 Å². The molecule has 7 heteroatoms. The summed E-state index contributed by atoms with van der Waals surface area (Å²) in [5, 5.41) is 7.36. The van der Waals surface area contributed by atoms with Crippen molar-refractivity contribution in [3.63, 3.8) is 0 Å². The third-order valence-corrected chi connectivity index (χ3v) is 6.25. The molecule has 0 aromatic heterocycles. The first-order valence-electron chi connectivity index (χ1n) is 11.9. The fraction of sp³-hybridized carbons (Fsp3) is 0.200. The van der Waals surface area contributed by atoms with Gasteiger partial charge in [-0.25, -0.2) is 0 Å². The van der Waals surface area contributed by atoms with Crippen LogP contribution in [0.25, 0.3) is 12.3 Å². The maximum Gasteiger partial charge on any atom is 0.240 e. The summed E-state index contributed by atoms with van der Waals surface area (Å²) in [4.78, 5) is 25.8. The molecule has 0 spiro atoms. The van der Waals surface area contributed by atoms with Crippen molar-refractivity contribution in [2.24, 2.45) is 5.41 Å². The molecule has 0 heterocycles. The van der Waals surface area contributed by atoms with E-state index in [0.717, 1.165) is 16.0 Å². The molecule has 1 fully saturated rings. The van der Waals surface area contributed by atoms with Crippen molar-refractivity contribution in [3.05, 3.63) is 89.3 Å². The predicted molar refractivity (Wildman–Crippen MR) is 145 cm³/mol. The first-order valence-corrected chi connectivity index (χ1v) is 11.9. The van der Waals surface area contributed by atoms with Crippen molar-refractivity contribution in [2.45, 2.75) is 19.8 Å². The second-order valence-corrected chi connectivity index (χ2v) is 8.85. The van der Waals surface area contributed by atoms with Crippen molar-refractivity contribution < 1.29 is 23.8 Å². The Morgan fingerprint density at radius 1 is 0.838 bits per heavy atom. The van der Waals surface area contributed by atoms with Crippen LogP contribution in [0.4, 0.5) is 11.4 Å². The van der Waals surface area contributed by atoms with Gasteiger partial charge in [-0.1, -0.05) is 36.4 Å². The van der Waals surface area contributed by atoms with E-state index >= 15 is 0 Å². The van der Waals surface area contributed by atoms with Crippen molar-refractivity contribution in [2.75, 3.05) is 24.9 Å². The Hall–Kier alpha value is -4.52. The molecule has 0 unspecified atom stereocenters. The molecule has 1 saturated carbocycles. The number of hydrogen-bond donors (Lipinski definition) is 2. The summed E-state index contributed by atoms with van der Waals surface area (Å²) < 4.78 is 16.6. The van der Waals surface area contributed by atoms with Crippen molar-refractivity contribution >= 4 is 35.5 Å². The minimum atomic E-state index is -1.04. The predicted octanol–water partition coefficient (Wildman–Crippen LogP) is 4.15. The molecule has 4 rings (SSSR count). The highest BCUT2D eigenvalue weighted by Crippen LogP contribution is 2.47. The first kappa shape index (κ1) is 25.6. The topological polar surface area (TPSA) is 85.9 Å². The minimum absolute atomic E-state index is 0.287. The molecule has 0 radical (unpaired) electrons. The van der Waals surface area contributed by atoms with Crippen molar-refractivity contribution in [1.29, 1.82) is 0 Å². The van der Waals surface area contributed by atoms with Crippen LogP contribution >= 0.6 is 0 Å². The number of carbonyl (C=O) groups excluding carboxylic acids is 2. The van der Waals surface area contributed by atoms with Gasteiger partial charge in [-0.05, 0) is 73.5 Å². The van der Waals surface area contributed by atoms with E-state index in [1.165, 1.54) is 0 Å². The van der Waals surface area contributed by atoms with Gasteiger partial charge < -0.3 is 24.8 Å². The number of methoxy groups -OCH3 is 2. The van der Waals surface area contributed by atoms with E-state index in [1.54, 1.807) is 50.8 Å². The zero-order valence-corrected chi connectivity index (χ0v) is 21.2. The molecule has 0 bridgehead atoms. The van der Waals surface area contributed by atoms with Crippen LogP contribution in [-0.2, 0) is 9.59 Å². The fourth-order valence-electron chi connectivity index (χ4n) is 3.85. The average Bonchev–Trinajstić information content (AvgIpc) is 3.72. The molecule has 2 N–H and O–H groups in total. The average molecular weight is 499 g/mol. The van der Waals surface area contributed by atoms with Crippen LogP contribution in [0.1, 0.15) is 18.4 Å². The molecule has 0 saturated heterocycles. The van der Waals surface area contributed by atoms with E-state index in [9.17, 15) is 9.59 Å². The lowest BCUT2D eigenvalue weighted by molar-refractivity contribution is -0.131. The fourth-order valence-corrected chi connectivity index (χ4v) is 3.85. The third kappa shape index (κ3) is 5.83. The second-order valence-electron chi connectivity index (χ2n) is 8.85. The number of aryl methyl sites for hydroxylation is 1. The number of nitrogens with one attached hydrogen (secondary N) is 2. The minimum Gasteiger partial charge on any atom is -0.493 e. The van der Waals surface area contributed by atoms with E-state index < -0.39 is 5.41 Å². The van der Waals surface area contributed by atoms with Crippen LogP contribution in [0.5, 0.6) is 17.2 Å². The summed E-state index contributed by atoms with van der Waals surface area (Å²) in [7, 11) is 3.15. The number of rotatable bonds is 9. The SMILES string of the molecule is C=C/C=c1/cc(OC)c(OC)c/c1=C\Oc1ccc(NC(=O)C2(C(=O)Nc3ccc(C)cc3)CC2)cc1. The quantitative estimate of drug-likeness (QED) is 0.433. The van der Waals surface area contributed by atoms with Gasteiger partial charge in [-0.3, -0.25) is 9.59 Å². The lowest BCUT2D eigenvalue weighted by atomic mass is 10.0. The maximum absolute atomic E-state index is 12.9. The summed E-state index contributed by atoms with van der Waals surface area (Å²) in [5.74, 6) is 1.17. The summed E-state index contributed by atoms with van der Waals surface area (Å²) in [6, 6.07) is 18.1. The second kappa shape index (κ2) is 11.0. The number of ether oxygens (including phenoxy) is 3. The van der Waals surface area contributed by atoms with Crippen LogP contribution in [0.3, 0.4) is 0 Å². The molecular weight excluding hydrogens is 468 g/mol. The van der Waals surface area contributed by atoms with Gasteiger partial charge in [0.1, 0.15) is 11.2 Å². The molecule has 7 nitrogen and oxygen atoms in total. The van der Waals surface area contributed by atoms with Gasteiger partial charge in [0.25, 0.3) is 0 Å². The van der Waals surface area contributed by atoms with Gasteiger partial charge in [0.2, 0.25) is 11.8 Å². The molecule has 3 aromatic carbocycles. The van der Waals surface area contributed by atoms with E-state index in [1.807, 2.05) is 49.4 Å². The van der Waals surface area contributed by atoms with Crippen LogP contribution in [-0.4, -0.2) is 26.0 Å². The Kier molecular flexibility index (Phi) is 7.63. The van der Waals surface area contributed by atoms with Gasteiger partial charge in [0.05, 0.1) is 20.5 Å². The molecule has 37 heavy (non-hydrogen) atoms. The third-order valence-electron chi connectivity index (χ3n) is 6.25. The number of carbonyl (C=O) groups is 2. The van der Waals surface area contributed by atoms with E-state index in [-0.39, 0.29) is 11.8 Å². The monoisotopic (exact) mass is 498 g/mol. The number of amides is 2. The van der Waals surface area contributed by atoms with E-state index in [4.69, 9.17) is 14.2 Å². The van der Waals surface area contributed by atoms with Gasteiger partial charge in [0, 0.05) is 16.6 Å². The van der Waals surface area contributed by atoms with Crippen LogP contribution in [0.2, 0.25) is 0 Å². The highest BCUT2D eigenvalue weighted by Gasteiger charge is 2.56. The van der Waals surface area contributed by atoms with E-state index in [0.29, 0.717) is 41.5 Å². The summed E-state index contributed by atoms with van der Waals surface area (Å²) in [6.07, 6.45) is 6.17. The highest BCUT2D eigenvalue weighted by atomic mass is 16.5. The summed E-state index contributed by atoms with van der Waals surface area (Å²) >= 11 is 0. The van der Waals surface area contributed by atoms with Crippen molar-refractivity contribution in [1.82, 2.24) is 0 Å². The number of benzene rings is 3.